The number of sulfone groups is 1. The van der Waals surface area contributed by atoms with Crippen LogP contribution in [0.2, 0.25) is 5.02 Å². The van der Waals surface area contributed by atoms with E-state index in [1.54, 1.807) is 0 Å². The number of nitrogens with zero attached hydrogens (tertiary/aromatic N) is 2. The Hall–Kier alpha value is -2.75. The van der Waals surface area contributed by atoms with E-state index in [-0.39, 0.29) is 11.4 Å². The van der Waals surface area contributed by atoms with Crippen molar-refractivity contribution in [1.82, 2.24) is 4.98 Å². The molecule has 0 aliphatic rings. The molecule has 3 rings (SSSR count). The molecule has 2 aromatic heterocycles. The van der Waals surface area contributed by atoms with Crippen LogP contribution in [0.4, 0.5) is 24.5 Å². The summed E-state index contributed by atoms with van der Waals surface area (Å²) in [5.41, 5.74) is -1.53. The monoisotopic (exact) mass is 527 g/mol. The van der Waals surface area contributed by atoms with Gasteiger partial charge in [0, 0.05) is 24.0 Å². The minimum absolute atomic E-state index is 0.0131. The maximum atomic E-state index is 12.7. The zero-order valence-electron chi connectivity index (χ0n) is 15.2. The number of benzene rings is 1. The first-order valence-electron chi connectivity index (χ1n) is 8.07. The normalized spacial score (nSPS) is 12.5. The van der Waals surface area contributed by atoms with Crippen molar-refractivity contribution in [2.45, 2.75) is 19.6 Å². The van der Waals surface area contributed by atoms with Gasteiger partial charge in [-0.15, -0.1) is 11.3 Å². The third-order valence-electron chi connectivity index (χ3n) is 3.81. The van der Waals surface area contributed by atoms with Gasteiger partial charge in [-0.05, 0) is 30.3 Å². The van der Waals surface area contributed by atoms with E-state index in [9.17, 15) is 40.1 Å². The highest BCUT2D eigenvalue weighted by Gasteiger charge is 2.34. The molecule has 0 radical (unpaired) electrons. The van der Waals surface area contributed by atoms with Crippen LogP contribution >= 0.6 is 22.9 Å². The zero-order valence-corrected chi connectivity index (χ0v) is 18.4. The van der Waals surface area contributed by atoms with Gasteiger partial charge in [-0.1, -0.05) is 11.6 Å². The topological polar surface area (TPSA) is 136 Å². The van der Waals surface area contributed by atoms with Crippen molar-refractivity contribution in [3.63, 3.8) is 0 Å². The lowest BCUT2D eigenvalue weighted by atomic mass is 10.3. The second kappa shape index (κ2) is 8.31. The van der Waals surface area contributed by atoms with Crippen molar-refractivity contribution in [3.05, 3.63) is 69.4 Å². The van der Waals surface area contributed by atoms with Crippen LogP contribution in [-0.4, -0.2) is 26.7 Å². The molecule has 2 heterocycles. The van der Waals surface area contributed by atoms with Gasteiger partial charge in [-0.3, -0.25) is 14.8 Å². The van der Waals surface area contributed by atoms with Crippen molar-refractivity contribution in [2.24, 2.45) is 0 Å². The second-order valence-corrected chi connectivity index (χ2v) is 11.5. The van der Waals surface area contributed by atoms with Gasteiger partial charge in [0.1, 0.15) is 8.42 Å². The fourth-order valence-corrected chi connectivity index (χ4v) is 6.94. The molecule has 9 nitrogen and oxygen atoms in total. The third kappa shape index (κ3) is 4.85. The first kappa shape index (κ1) is 23.9. The van der Waals surface area contributed by atoms with Crippen LogP contribution in [0.3, 0.4) is 0 Å². The summed E-state index contributed by atoms with van der Waals surface area (Å²) in [4.78, 5) is 13.3. The van der Waals surface area contributed by atoms with E-state index in [4.69, 9.17) is 11.6 Å². The molecule has 170 valence electrons. The predicted octanol–water partition coefficient (Wildman–Crippen LogP) is 4.36. The molecule has 0 fully saturated rings. The number of thiophene rings is 1. The van der Waals surface area contributed by atoms with Crippen LogP contribution in [0.1, 0.15) is 5.56 Å². The molecule has 16 heteroatoms. The van der Waals surface area contributed by atoms with E-state index in [2.05, 4.69) is 9.71 Å². The summed E-state index contributed by atoms with van der Waals surface area (Å²) in [7, 11) is -8.79. The number of nitro groups is 1. The van der Waals surface area contributed by atoms with E-state index in [1.807, 2.05) is 0 Å². The number of pyridine rings is 1. The van der Waals surface area contributed by atoms with Crippen molar-refractivity contribution >= 4 is 54.2 Å². The summed E-state index contributed by atoms with van der Waals surface area (Å²) in [5.74, 6) is 0. The number of aromatic nitrogens is 1. The number of nitrogens with one attached hydrogen (secondary N) is 1. The van der Waals surface area contributed by atoms with Gasteiger partial charge in [-0.2, -0.15) is 13.2 Å². The van der Waals surface area contributed by atoms with Gasteiger partial charge in [0.05, 0.1) is 15.5 Å². The van der Waals surface area contributed by atoms with Gasteiger partial charge in [0.15, 0.2) is 5.03 Å². The first-order chi connectivity index (χ1) is 14.7. The number of hydrogen-bond donors (Lipinski definition) is 1. The summed E-state index contributed by atoms with van der Waals surface area (Å²) in [6.07, 6.45) is -4.48. The molecule has 0 saturated carbocycles. The lowest BCUT2D eigenvalue weighted by Crippen LogP contribution is -2.11. The summed E-state index contributed by atoms with van der Waals surface area (Å²) < 4.78 is 89.9. The number of alkyl halides is 3. The Morgan fingerprint density at radius 3 is 2.16 bits per heavy atom. The molecule has 0 bridgehead atoms. The Kier molecular flexibility index (Phi) is 6.21. The Bertz CT molecular complexity index is 1400. The molecule has 3 aromatic rings. The molecule has 0 aliphatic heterocycles. The second-order valence-electron chi connectivity index (χ2n) is 6.00. The molecule has 0 spiro atoms. The van der Waals surface area contributed by atoms with Gasteiger partial charge >= 0.3 is 6.18 Å². The smallest absolute Gasteiger partial charge is 0.279 e. The Balaban J connectivity index is 1.90. The third-order valence-corrected chi connectivity index (χ3v) is 9.37. The molecular formula is C16H9ClF3N3O6S3. The fraction of sp³-hybridized carbons (Fsp3) is 0.0625. The lowest BCUT2D eigenvalue weighted by molar-refractivity contribution is -0.384. The number of hydrogen-bond acceptors (Lipinski definition) is 8. The number of nitro benzene ring substituents is 1. The highest BCUT2D eigenvalue weighted by Crippen LogP contribution is 2.36. The van der Waals surface area contributed by atoms with E-state index in [0.29, 0.717) is 23.6 Å². The Morgan fingerprint density at radius 2 is 1.62 bits per heavy atom. The maximum Gasteiger partial charge on any atom is 0.417 e. The number of sulfonamides is 1. The molecule has 0 amide bonds. The summed E-state index contributed by atoms with van der Waals surface area (Å²) in [6.45, 7) is 0. The number of halogens is 4. The average Bonchev–Trinajstić information content (AvgIpc) is 3.19. The van der Waals surface area contributed by atoms with Gasteiger partial charge < -0.3 is 0 Å². The van der Waals surface area contributed by atoms with Gasteiger partial charge in [-0.25, -0.2) is 21.8 Å². The SMILES string of the molecule is O=[N+]([O-])c1ccc(NS(=O)(=O)c2ccc(S(=O)(=O)c3ncc(C(F)(F)F)cc3Cl)s2)cc1. The van der Waals surface area contributed by atoms with Crippen LogP contribution in [0.15, 0.2) is 62.1 Å². The van der Waals surface area contributed by atoms with E-state index in [0.717, 1.165) is 36.4 Å². The van der Waals surface area contributed by atoms with E-state index >= 15 is 0 Å². The minimum Gasteiger partial charge on any atom is -0.279 e. The largest absolute Gasteiger partial charge is 0.417 e. The quantitative estimate of drug-likeness (QED) is 0.371. The highest BCUT2D eigenvalue weighted by molar-refractivity contribution is 7.96. The molecular weight excluding hydrogens is 519 g/mol. The molecule has 0 atom stereocenters. The Labute approximate surface area is 187 Å². The lowest BCUT2D eigenvalue weighted by Gasteiger charge is -2.09. The average molecular weight is 528 g/mol. The first-order valence-corrected chi connectivity index (χ1v) is 12.2. The minimum atomic E-state index is -4.79. The zero-order chi connectivity index (χ0) is 23.9. The van der Waals surface area contributed by atoms with Crippen LogP contribution < -0.4 is 4.72 Å². The number of anilines is 1. The molecule has 32 heavy (non-hydrogen) atoms. The molecule has 0 unspecified atom stereocenters. The number of non-ortho nitro benzene ring substituents is 1. The van der Waals surface area contributed by atoms with E-state index in [1.165, 1.54) is 0 Å². The summed E-state index contributed by atoms with van der Waals surface area (Å²) in [6, 6.07) is 6.76. The van der Waals surface area contributed by atoms with Crippen molar-refractivity contribution in [2.75, 3.05) is 4.72 Å². The number of rotatable bonds is 6. The summed E-state index contributed by atoms with van der Waals surface area (Å²) in [5, 5.41) is 9.03. The Morgan fingerprint density at radius 1 is 1.03 bits per heavy atom. The standard InChI is InChI=1S/C16H9ClF3N3O6S3/c17-12-7-9(16(18,19)20)8-21-15(12)31(26,27)13-5-6-14(30-13)32(28,29)22-10-1-3-11(4-2-10)23(24)25/h1-8,22H. The van der Waals surface area contributed by atoms with Gasteiger partial charge in [0.2, 0.25) is 9.84 Å². The molecule has 0 saturated heterocycles. The molecule has 1 N–H and O–H groups in total. The van der Waals surface area contributed by atoms with Gasteiger partial charge in [0.25, 0.3) is 15.7 Å². The predicted molar refractivity (Wildman–Crippen MR) is 108 cm³/mol. The maximum absolute atomic E-state index is 12.7. The summed E-state index contributed by atoms with van der Waals surface area (Å²) >= 11 is 6.01. The van der Waals surface area contributed by atoms with Crippen molar-refractivity contribution in [1.29, 1.82) is 0 Å². The molecule has 0 aliphatic carbocycles. The fourth-order valence-electron chi connectivity index (χ4n) is 2.32. The van der Waals surface area contributed by atoms with Crippen molar-refractivity contribution in [3.8, 4) is 0 Å². The highest BCUT2D eigenvalue weighted by atomic mass is 35.5. The van der Waals surface area contributed by atoms with E-state index < -0.39 is 55.0 Å². The van der Waals surface area contributed by atoms with Crippen LogP contribution in [0, 0.1) is 10.1 Å². The van der Waals surface area contributed by atoms with Crippen molar-refractivity contribution < 1.29 is 34.9 Å². The molecule has 1 aromatic carbocycles. The van der Waals surface area contributed by atoms with Crippen LogP contribution in [-0.2, 0) is 26.0 Å². The van der Waals surface area contributed by atoms with Crippen LogP contribution in [0.5, 0.6) is 0 Å². The van der Waals surface area contributed by atoms with Crippen LogP contribution in [0.25, 0.3) is 0 Å².